The summed E-state index contributed by atoms with van der Waals surface area (Å²) in [6.45, 7) is 1.03. The molecule has 5 rings (SSSR count). The predicted octanol–water partition coefficient (Wildman–Crippen LogP) is 4.20. The number of anilines is 1. The highest BCUT2D eigenvalue weighted by molar-refractivity contribution is 6.07. The molecular weight excluding hydrogens is 322 g/mol. The van der Waals surface area contributed by atoms with E-state index in [0.717, 1.165) is 16.8 Å². The SMILES string of the molecule is O=C1N(Cc2ccccc2)c2ccccc2C12Cc1ccccc1CO2. The van der Waals surface area contributed by atoms with Gasteiger partial charge in [0, 0.05) is 12.0 Å². The van der Waals surface area contributed by atoms with Crippen molar-refractivity contribution in [1.29, 1.82) is 0 Å². The van der Waals surface area contributed by atoms with Gasteiger partial charge in [0.15, 0.2) is 5.60 Å². The first-order valence-electron chi connectivity index (χ1n) is 8.94. The molecule has 3 nitrogen and oxygen atoms in total. The second-order valence-corrected chi connectivity index (χ2v) is 6.96. The Morgan fingerprint density at radius 2 is 1.54 bits per heavy atom. The van der Waals surface area contributed by atoms with Gasteiger partial charge in [0.2, 0.25) is 0 Å². The van der Waals surface area contributed by atoms with Gasteiger partial charge < -0.3 is 9.64 Å². The number of benzene rings is 3. The molecule has 0 bridgehead atoms. The second kappa shape index (κ2) is 5.82. The lowest BCUT2D eigenvalue weighted by Crippen LogP contribution is -2.45. The molecule has 1 amide bonds. The van der Waals surface area contributed by atoms with Crippen LogP contribution in [-0.4, -0.2) is 5.91 Å². The molecule has 2 aliphatic rings. The van der Waals surface area contributed by atoms with E-state index in [1.54, 1.807) is 0 Å². The maximum Gasteiger partial charge on any atom is 0.264 e. The van der Waals surface area contributed by atoms with Crippen molar-refractivity contribution in [3.63, 3.8) is 0 Å². The third-order valence-electron chi connectivity index (χ3n) is 5.44. The van der Waals surface area contributed by atoms with Crippen molar-refractivity contribution in [3.8, 4) is 0 Å². The van der Waals surface area contributed by atoms with Crippen LogP contribution < -0.4 is 4.90 Å². The van der Waals surface area contributed by atoms with Crippen LogP contribution in [0.1, 0.15) is 22.3 Å². The van der Waals surface area contributed by atoms with Crippen molar-refractivity contribution < 1.29 is 9.53 Å². The van der Waals surface area contributed by atoms with Crippen molar-refractivity contribution in [2.75, 3.05) is 4.90 Å². The topological polar surface area (TPSA) is 29.5 Å². The van der Waals surface area contributed by atoms with Crippen molar-refractivity contribution in [2.45, 2.75) is 25.2 Å². The summed E-state index contributed by atoms with van der Waals surface area (Å²) in [5.41, 5.74) is 4.52. The minimum Gasteiger partial charge on any atom is -0.355 e. The molecule has 3 aromatic carbocycles. The summed E-state index contributed by atoms with van der Waals surface area (Å²) in [7, 11) is 0. The van der Waals surface area contributed by atoms with Gasteiger partial charge in [-0.15, -0.1) is 0 Å². The average molecular weight is 341 g/mol. The number of para-hydroxylation sites is 1. The summed E-state index contributed by atoms with van der Waals surface area (Å²) < 4.78 is 6.27. The Hall–Kier alpha value is -2.91. The zero-order valence-corrected chi connectivity index (χ0v) is 14.4. The van der Waals surface area contributed by atoms with Gasteiger partial charge in [-0.1, -0.05) is 72.8 Å². The largest absolute Gasteiger partial charge is 0.355 e. The molecular formula is C23H19NO2. The number of carbonyl (C=O) groups excluding carboxylic acids is 1. The summed E-state index contributed by atoms with van der Waals surface area (Å²) in [6, 6.07) is 26.4. The molecule has 2 heterocycles. The number of fused-ring (bicyclic) bond motifs is 3. The number of amides is 1. The lowest BCUT2D eigenvalue weighted by atomic mass is 9.84. The highest BCUT2D eigenvalue weighted by atomic mass is 16.5. The molecule has 1 atom stereocenters. The third-order valence-corrected chi connectivity index (χ3v) is 5.44. The number of hydrogen-bond donors (Lipinski definition) is 0. The molecule has 128 valence electrons. The fourth-order valence-corrected chi connectivity index (χ4v) is 4.12. The smallest absolute Gasteiger partial charge is 0.264 e. The number of nitrogens with zero attached hydrogens (tertiary/aromatic N) is 1. The van der Waals surface area contributed by atoms with Crippen molar-refractivity contribution in [3.05, 3.63) is 101 Å². The molecule has 3 aromatic rings. The Kier molecular flexibility index (Phi) is 3.44. The van der Waals surface area contributed by atoms with E-state index in [0.29, 0.717) is 19.6 Å². The molecule has 0 N–H and O–H groups in total. The van der Waals surface area contributed by atoms with Crippen molar-refractivity contribution in [2.24, 2.45) is 0 Å². The van der Waals surface area contributed by atoms with Crippen LogP contribution in [0.15, 0.2) is 78.9 Å². The first kappa shape index (κ1) is 15.4. The number of carbonyl (C=O) groups is 1. The van der Waals surface area contributed by atoms with Crippen LogP contribution in [0.4, 0.5) is 5.69 Å². The minimum absolute atomic E-state index is 0.0389. The maximum absolute atomic E-state index is 13.6. The van der Waals surface area contributed by atoms with E-state index in [2.05, 4.69) is 24.3 Å². The van der Waals surface area contributed by atoms with Crippen LogP contribution in [0.3, 0.4) is 0 Å². The number of rotatable bonds is 2. The molecule has 2 aliphatic heterocycles. The molecule has 26 heavy (non-hydrogen) atoms. The van der Waals surface area contributed by atoms with E-state index in [1.807, 2.05) is 59.5 Å². The van der Waals surface area contributed by atoms with Crippen LogP contribution in [0, 0.1) is 0 Å². The summed E-state index contributed by atoms with van der Waals surface area (Å²) in [4.78, 5) is 15.4. The van der Waals surface area contributed by atoms with Crippen LogP contribution >= 0.6 is 0 Å². The van der Waals surface area contributed by atoms with Gasteiger partial charge >= 0.3 is 0 Å². The molecule has 0 radical (unpaired) electrons. The summed E-state index contributed by atoms with van der Waals surface area (Å²) >= 11 is 0. The third kappa shape index (κ3) is 2.21. The molecule has 1 spiro atoms. The quantitative estimate of drug-likeness (QED) is 0.699. The lowest BCUT2D eigenvalue weighted by molar-refractivity contribution is -0.148. The monoisotopic (exact) mass is 341 g/mol. The summed E-state index contributed by atoms with van der Waals surface area (Å²) in [5, 5.41) is 0. The van der Waals surface area contributed by atoms with Crippen molar-refractivity contribution in [1.82, 2.24) is 0 Å². The fraction of sp³-hybridized carbons (Fsp3) is 0.174. The van der Waals surface area contributed by atoms with Gasteiger partial charge in [0.25, 0.3) is 5.91 Å². The van der Waals surface area contributed by atoms with E-state index < -0.39 is 5.60 Å². The zero-order chi connectivity index (χ0) is 17.6. The molecule has 0 saturated heterocycles. The lowest BCUT2D eigenvalue weighted by Gasteiger charge is -2.34. The Morgan fingerprint density at radius 3 is 2.38 bits per heavy atom. The normalized spacial score (nSPS) is 20.9. The van der Waals surface area contributed by atoms with E-state index >= 15 is 0 Å². The van der Waals surface area contributed by atoms with E-state index in [1.165, 1.54) is 11.1 Å². The molecule has 3 heteroatoms. The molecule has 0 fully saturated rings. The molecule has 0 saturated carbocycles. The Balaban J connectivity index is 1.59. The highest BCUT2D eigenvalue weighted by Gasteiger charge is 2.53. The first-order chi connectivity index (χ1) is 12.8. The second-order valence-electron chi connectivity index (χ2n) is 6.96. The average Bonchev–Trinajstić information content (AvgIpc) is 2.92. The first-order valence-corrected chi connectivity index (χ1v) is 8.94. The van der Waals surface area contributed by atoms with E-state index in [4.69, 9.17) is 4.74 Å². The van der Waals surface area contributed by atoms with Crippen LogP contribution in [0.25, 0.3) is 0 Å². The van der Waals surface area contributed by atoms with Crippen molar-refractivity contribution >= 4 is 11.6 Å². The minimum atomic E-state index is -0.903. The van der Waals surface area contributed by atoms with Gasteiger partial charge in [-0.25, -0.2) is 0 Å². The summed E-state index contributed by atoms with van der Waals surface area (Å²) in [5.74, 6) is 0.0389. The Labute approximate surface area is 152 Å². The molecule has 1 unspecified atom stereocenters. The van der Waals surface area contributed by atoms with E-state index in [-0.39, 0.29) is 5.91 Å². The standard InChI is InChI=1S/C23H19NO2/c25-22-23(14-18-10-4-5-11-19(18)16-26-23)20-12-6-7-13-21(20)24(22)15-17-8-2-1-3-9-17/h1-13H,14-16H2. The van der Waals surface area contributed by atoms with Crippen LogP contribution in [0.2, 0.25) is 0 Å². The number of hydrogen-bond acceptors (Lipinski definition) is 2. The van der Waals surface area contributed by atoms with Gasteiger partial charge in [0.1, 0.15) is 0 Å². The highest BCUT2D eigenvalue weighted by Crippen LogP contribution is 2.47. The van der Waals surface area contributed by atoms with Crippen LogP contribution in [-0.2, 0) is 34.7 Å². The van der Waals surface area contributed by atoms with Crippen LogP contribution in [0.5, 0.6) is 0 Å². The predicted molar refractivity (Wildman–Crippen MR) is 101 cm³/mol. The molecule has 0 aromatic heterocycles. The zero-order valence-electron chi connectivity index (χ0n) is 14.4. The number of ether oxygens (including phenoxy) is 1. The molecule has 0 aliphatic carbocycles. The van der Waals surface area contributed by atoms with Gasteiger partial charge in [-0.05, 0) is 22.8 Å². The Morgan fingerprint density at radius 1 is 0.846 bits per heavy atom. The summed E-state index contributed by atoms with van der Waals surface area (Å²) in [6.07, 6.45) is 0.588. The van der Waals surface area contributed by atoms with Gasteiger partial charge in [0.05, 0.1) is 18.8 Å². The fourth-order valence-electron chi connectivity index (χ4n) is 4.12. The maximum atomic E-state index is 13.6. The van der Waals surface area contributed by atoms with Gasteiger partial charge in [-0.3, -0.25) is 4.79 Å². The van der Waals surface area contributed by atoms with E-state index in [9.17, 15) is 4.79 Å². The van der Waals surface area contributed by atoms with Gasteiger partial charge in [-0.2, -0.15) is 0 Å². The Bertz CT molecular complexity index is 982.